The van der Waals surface area contributed by atoms with Crippen molar-refractivity contribution in [1.82, 2.24) is 4.72 Å². The molecule has 1 fully saturated rings. The van der Waals surface area contributed by atoms with Crippen molar-refractivity contribution in [1.29, 1.82) is 0 Å². The Labute approximate surface area is 106 Å². The fraction of sp³-hybridized carbons (Fsp3) is 0.500. The molecule has 1 aliphatic carbocycles. The Morgan fingerprint density at radius 3 is 2.56 bits per heavy atom. The molecule has 2 rings (SSSR count). The molecule has 1 aliphatic rings. The van der Waals surface area contributed by atoms with Gasteiger partial charge in [0.25, 0.3) is 0 Å². The van der Waals surface area contributed by atoms with Gasteiger partial charge in [0.15, 0.2) is 0 Å². The molecule has 0 spiro atoms. The van der Waals surface area contributed by atoms with Crippen molar-refractivity contribution in [2.24, 2.45) is 11.3 Å². The zero-order valence-corrected chi connectivity index (χ0v) is 11.2. The largest absolute Gasteiger partial charge is 0.399 e. The summed E-state index contributed by atoms with van der Waals surface area (Å²) in [5, 5.41) is 0. The van der Waals surface area contributed by atoms with Crippen LogP contribution in [0.15, 0.2) is 23.1 Å². The van der Waals surface area contributed by atoms with Gasteiger partial charge in [0.2, 0.25) is 10.0 Å². The first-order valence-corrected chi connectivity index (χ1v) is 7.25. The minimum atomic E-state index is -3.68. The van der Waals surface area contributed by atoms with Gasteiger partial charge in [0.05, 0.1) is 4.90 Å². The van der Waals surface area contributed by atoms with Gasteiger partial charge in [-0.15, -0.1) is 0 Å². The van der Waals surface area contributed by atoms with Crippen LogP contribution >= 0.6 is 0 Å². The van der Waals surface area contributed by atoms with Gasteiger partial charge in [0.1, 0.15) is 5.82 Å². The molecule has 0 amide bonds. The van der Waals surface area contributed by atoms with Gasteiger partial charge in [-0.1, -0.05) is 13.8 Å². The molecule has 0 bridgehead atoms. The van der Waals surface area contributed by atoms with E-state index in [-0.39, 0.29) is 16.0 Å². The lowest BCUT2D eigenvalue weighted by Crippen LogP contribution is -2.27. The average Bonchev–Trinajstić information content (AvgIpc) is 2.82. The second kappa shape index (κ2) is 4.20. The van der Waals surface area contributed by atoms with E-state index in [9.17, 15) is 12.8 Å². The van der Waals surface area contributed by atoms with Crippen LogP contribution in [0.25, 0.3) is 0 Å². The summed E-state index contributed by atoms with van der Waals surface area (Å²) in [5.74, 6) is -0.305. The van der Waals surface area contributed by atoms with Gasteiger partial charge in [0, 0.05) is 12.2 Å². The summed E-state index contributed by atoms with van der Waals surface area (Å²) in [7, 11) is -3.68. The second-order valence-electron chi connectivity index (χ2n) is 5.46. The number of benzene rings is 1. The number of hydrogen-bond donors (Lipinski definition) is 2. The van der Waals surface area contributed by atoms with Crippen LogP contribution in [0.4, 0.5) is 10.1 Å². The first-order valence-electron chi connectivity index (χ1n) is 5.76. The zero-order valence-electron chi connectivity index (χ0n) is 10.4. The van der Waals surface area contributed by atoms with Crippen molar-refractivity contribution >= 4 is 15.7 Å². The highest BCUT2D eigenvalue weighted by atomic mass is 32.2. The summed E-state index contributed by atoms with van der Waals surface area (Å²) in [6.45, 7) is 4.56. The molecular weight excluding hydrogens is 255 g/mol. The SMILES string of the molecule is CC1(C)CC1CNS(=O)(=O)c1cc(N)cc(F)c1. The molecule has 0 aliphatic heterocycles. The third-order valence-electron chi connectivity index (χ3n) is 3.44. The van der Waals surface area contributed by atoms with Crippen LogP contribution in [0.1, 0.15) is 20.3 Å². The maximum absolute atomic E-state index is 13.1. The maximum atomic E-state index is 13.1. The molecule has 0 radical (unpaired) electrons. The molecule has 0 aromatic heterocycles. The predicted molar refractivity (Wildman–Crippen MR) is 67.9 cm³/mol. The van der Waals surface area contributed by atoms with Gasteiger partial charge in [-0.2, -0.15) is 0 Å². The zero-order chi connectivity index (χ0) is 13.6. The van der Waals surface area contributed by atoms with Crippen molar-refractivity contribution in [3.05, 3.63) is 24.0 Å². The molecule has 18 heavy (non-hydrogen) atoms. The molecule has 4 nitrogen and oxygen atoms in total. The summed E-state index contributed by atoms with van der Waals surface area (Å²) in [4.78, 5) is -0.126. The first kappa shape index (κ1) is 13.3. The maximum Gasteiger partial charge on any atom is 0.240 e. The van der Waals surface area contributed by atoms with Gasteiger partial charge in [-0.3, -0.25) is 0 Å². The van der Waals surface area contributed by atoms with E-state index < -0.39 is 15.8 Å². The minimum absolute atomic E-state index is 0.0992. The summed E-state index contributed by atoms with van der Waals surface area (Å²) in [5.41, 5.74) is 5.73. The second-order valence-corrected chi connectivity index (χ2v) is 7.23. The Kier molecular flexibility index (Phi) is 3.11. The van der Waals surface area contributed by atoms with Gasteiger partial charge in [-0.05, 0) is 36.0 Å². The average molecular weight is 272 g/mol. The van der Waals surface area contributed by atoms with Crippen LogP contribution in [0.2, 0.25) is 0 Å². The number of nitrogens with two attached hydrogens (primary N) is 1. The van der Waals surface area contributed by atoms with Crippen LogP contribution in [0.3, 0.4) is 0 Å². The quantitative estimate of drug-likeness (QED) is 0.820. The number of halogens is 1. The van der Waals surface area contributed by atoms with E-state index in [2.05, 4.69) is 18.6 Å². The van der Waals surface area contributed by atoms with E-state index in [4.69, 9.17) is 5.73 Å². The van der Waals surface area contributed by atoms with E-state index in [1.54, 1.807) is 0 Å². The van der Waals surface area contributed by atoms with Crippen molar-refractivity contribution < 1.29 is 12.8 Å². The predicted octanol–water partition coefficient (Wildman–Crippen LogP) is 1.73. The molecular formula is C12H17FN2O2S. The number of sulfonamides is 1. The van der Waals surface area contributed by atoms with Crippen molar-refractivity contribution in [2.75, 3.05) is 12.3 Å². The first-order chi connectivity index (χ1) is 8.21. The van der Waals surface area contributed by atoms with Gasteiger partial charge in [-0.25, -0.2) is 17.5 Å². The van der Waals surface area contributed by atoms with E-state index in [1.165, 1.54) is 6.07 Å². The molecule has 0 heterocycles. The van der Waals surface area contributed by atoms with Crippen LogP contribution < -0.4 is 10.5 Å². The summed E-state index contributed by atoms with van der Waals surface area (Å²) in [6, 6.07) is 3.31. The van der Waals surface area contributed by atoms with Gasteiger partial charge < -0.3 is 5.73 Å². The van der Waals surface area contributed by atoms with E-state index in [1.807, 2.05) is 0 Å². The number of nitrogens with one attached hydrogen (secondary N) is 1. The molecule has 1 saturated carbocycles. The minimum Gasteiger partial charge on any atom is -0.399 e. The number of hydrogen-bond acceptors (Lipinski definition) is 3. The smallest absolute Gasteiger partial charge is 0.240 e. The normalized spacial score (nSPS) is 21.8. The summed E-state index contributed by atoms with van der Waals surface area (Å²) >= 11 is 0. The molecule has 0 saturated heterocycles. The third-order valence-corrected chi connectivity index (χ3v) is 4.84. The van der Waals surface area contributed by atoms with E-state index in [0.29, 0.717) is 12.5 Å². The molecule has 100 valence electrons. The standard InChI is InChI=1S/C12H17FN2O2S/c1-12(2)6-8(12)7-15-18(16,17)11-4-9(13)3-10(14)5-11/h3-5,8,15H,6-7,14H2,1-2H3. The molecule has 3 N–H and O–H groups in total. The highest BCUT2D eigenvalue weighted by Gasteiger charge is 2.45. The van der Waals surface area contributed by atoms with Crippen LogP contribution in [-0.4, -0.2) is 15.0 Å². The van der Waals surface area contributed by atoms with Crippen LogP contribution in [0, 0.1) is 17.2 Å². The summed E-state index contributed by atoms with van der Waals surface area (Å²) < 4.78 is 39.5. The molecule has 1 unspecified atom stereocenters. The van der Waals surface area contributed by atoms with E-state index >= 15 is 0 Å². The summed E-state index contributed by atoms with van der Waals surface area (Å²) in [6.07, 6.45) is 1.00. The molecule has 1 aromatic rings. The number of rotatable bonds is 4. The topological polar surface area (TPSA) is 72.2 Å². The number of nitrogen functional groups attached to an aromatic ring is 1. The highest BCUT2D eigenvalue weighted by Crippen LogP contribution is 2.51. The van der Waals surface area contributed by atoms with Crippen molar-refractivity contribution in [2.45, 2.75) is 25.2 Å². The Bertz CT molecular complexity index is 549. The lowest BCUT2D eigenvalue weighted by molar-refractivity contribution is 0.537. The molecule has 1 atom stereocenters. The Balaban J connectivity index is 2.11. The van der Waals surface area contributed by atoms with Crippen molar-refractivity contribution in [3.63, 3.8) is 0 Å². The Morgan fingerprint density at radius 2 is 2.06 bits per heavy atom. The highest BCUT2D eigenvalue weighted by molar-refractivity contribution is 7.89. The molecule has 6 heteroatoms. The number of anilines is 1. The lowest BCUT2D eigenvalue weighted by atomic mass is 10.1. The van der Waals surface area contributed by atoms with Gasteiger partial charge >= 0.3 is 0 Å². The van der Waals surface area contributed by atoms with E-state index in [0.717, 1.165) is 18.6 Å². The molecule has 1 aromatic carbocycles. The Hall–Kier alpha value is -1.14. The van der Waals surface area contributed by atoms with Crippen LogP contribution in [-0.2, 0) is 10.0 Å². The fourth-order valence-corrected chi connectivity index (χ4v) is 3.10. The Morgan fingerprint density at radius 1 is 1.44 bits per heavy atom. The third kappa shape index (κ3) is 2.81. The lowest BCUT2D eigenvalue weighted by Gasteiger charge is -2.08. The monoisotopic (exact) mass is 272 g/mol. The fourth-order valence-electron chi connectivity index (χ4n) is 1.96. The van der Waals surface area contributed by atoms with Crippen LogP contribution in [0.5, 0.6) is 0 Å². The van der Waals surface area contributed by atoms with Crippen molar-refractivity contribution in [3.8, 4) is 0 Å².